The molecule has 19 heteroatoms. The van der Waals surface area contributed by atoms with Crippen molar-refractivity contribution < 1.29 is 36.5 Å². The van der Waals surface area contributed by atoms with E-state index in [9.17, 15) is 9.59 Å². The molecule has 65 heavy (non-hydrogen) atoms. The van der Waals surface area contributed by atoms with E-state index >= 15 is 0 Å². The number of anilines is 2. The Kier molecular flexibility index (Phi) is 15.4. The number of carbonyl (C=O) groups excluding carboxylic acids is 1. The number of morpholine rings is 2. The second kappa shape index (κ2) is 22.3. The van der Waals surface area contributed by atoms with Crippen LogP contribution in [0.4, 0.5) is 11.4 Å². The van der Waals surface area contributed by atoms with Gasteiger partial charge in [0.1, 0.15) is 42.5 Å². The van der Waals surface area contributed by atoms with E-state index in [1.165, 1.54) is 24.9 Å². The molecular formula is C46H58N12O7. The lowest BCUT2D eigenvalue weighted by atomic mass is 9.92. The number of amides is 1. The third-order valence-corrected chi connectivity index (χ3v) is 11.8. The molecule has 0 spiro atoms. The first-order chi connectivity index (χ1) is 31.9. The first-order valence-electron chi connectivity index (χ1n) is 22.1. The van der Waals surface area contributed by atoms with Gasteiger partial charge in [-0.1, -0.05) is 0 Å². The van der Waals surface area contributed by atoms with E-state index in [1.54, 1.807) is 24.9 Å². The number of carboxylic acid groups (broad SMARTS) is 1. The summed E-state index contributed by atoms with van der Waals surface area (Å²) in [6.45, 7) is 6.48. The van der Waals surface area contributed by atoms with Crippen LogP contribution in [0, 0.1) is 0 Å². The fourth-order valence-electron chi connectivity index (χ4n) is 8.27. The molecule has 4 aromatic heterocycles. The molecule has 2 saturated heterocycles. The lowest BCUT2D eigenvalue weighted by molar-refractivity contribution is 0.0689. The predicted octanol–water partition coefficient (Wildman–Crippen LogP) is 5.16. The summed E-state index contributed by atoms with van der Waals surface area (Å²) in [4.78, 5) is 59.3. The summed E-state index contributed by atoms with van der Waals surface area (Å²) >= 11 is 0. The van der Waals surface area contributed by atoms with Crippen molar-refractivity contribution in [2.24, 2.45) is 5.73 Å². The lowest BCUT2D eigenvalue weighted by Gasteiger charge is -2.31. The molecule has 4 aliphatic rings. The van der Waals surface area contributed by atoms with Gasteiger partial charge in [-0.2, -0.15) is 0 Å². The number of aromatic carboxylic acids is 1. The normalized spacial score (nSPS) is 20.9. The van der Waals surface area contributed by atoms with Crippen molar-refractivity contribution in [1.29, 1.82) is 0 Å². The van der Waals surface area contributed by atoms with Crippen LogP contribution in [0.1, 0.15) is 75.2 Å². The van der Waals surface area contributed by atoms with E-state index in [1.807, 2.05) is 12.4 Å². The van der Waals surface area contributed by atoms with Crippen molar-refractivity contribution in [2.75, 3.05) is 62.4 Å². The van der Waals surface area contributed by atoms with Crippen LogP contribution in [0.25, 0.3) is 21.8 Å². The predicted molar refractivity (Wildman–Crippen MR) is 245 cm³/mol. The zero-order valence-corrected chi connectivity index (χ0v) is 36.2. The maximum atomic E-state index is 12.4. The quantitative estimate of drug-likeness (QED) is 0.170. The number of hydrogen-bond donors (Lipinski definition) is 3. The van der Waals surface area contributed by atoms with Crippen LogP contribution >= 0.6 is 0 Å². The number of aromatic nitrogens is 8. The summed E-state index contributed by atoms with van der Waals surface area (Å²) in [6.07, 6.45) is 20.2. The Morgan fingerprint density at radius 2 is 1.09 bits per heavy atom. The number of nitrogens with one attached hydrogen (secondary N) is 1. The van der Waals surface area contributed by atoms with Crippen molar-refractivity contribution in [3.8, 4) is 11.5 Å². The van der Waals surface area contributed by atoms with Crippen molar-refractivity contribution in [3.63, 3.8) is 0 Å². The van der Waals surface area contributed by atoms with Crippen molar-refractivity contribution in [2.45, 2.75) is 75.7 Å². The second-order valence-corrected chi connectivity index (χ2v) is 16.2. The average Bonchev–Trinajstić information content (AvgIpc) is 3.36. The molecule has 2 saturated carbocycles. The number of nitrogens with zero attached hydrogens (tertiary/aromatic N) is 10. The summed E-state index contributed by atoms with van der Waals surface area (Å²) in [7, 11) is 0. The monoisotopic (exact) mass is 890 g/mol. The van der Waals surface area contributed by atoms with Crippen LogP contribution in [-0.2, 0) is 9.47 Å². The number of ether oxygens (including phenoxy) is 4. The topological polar surface area (TPSA) is 239 Å². The summed E-state index contributed by atoms with van der Waals surface area (Å²) < 4.78 is 23.8. The van der Waals surface area contributed by atoms with E-state index in [0.717, 1.165) is 149 Å². The molecule has 2 aliphatic carbocycles. The van der Waals surface area contributed by atoms with Crippen LogP contribution in [0.15, 0.2) is 86.5 Å². The molecule has 4 N–H and O–H groups in total. The van der Waals surface area contributed by atoms with E-state index in [-0.39, 0.29) is 32.7 Å². The Morgan fingerprint density at radius 3 is 1.54 bits per heavy atom. The van der Waals surface area contributed by atoms with Gasteiger partial charge in [0, 0.05) is 89.4 Å². The molecule has 6 aromatic rings. The molecule has 0 radical (unpaired) electrons. The highest BCUT2D eigenvalue weighted by molar-refractivity contribution is 5.92. The highest BCUT2D eigenvalue weighted by Crippen LogP contribution is 2.35. The first kappa shape index (κ1) is 44.9. The van der Waals surface area contributed by atoms with Crippen molar-refractivity contribution in [1.82, 2.24) is 45.2 Å². The summed E-state index contributed by atoms with van der Waals surface area (Å²) in [5, 5.41) is 13.3. The molecule has 0 bridgehead atoms. The standard InChI is InChI=1S/C23H26N6O3.C18H24N4O2.C5H4N2O2.2H2/c30-23(20-5-6-24-14-26-20)28-16-1-3-18(4-2-16)32-22-12-17(29-7-9-31-10-8-29)11-21-19(22)13-25-15-27-21;19-13-1-3-15(4-2-13)24-18-10-14(22-5-7-23-8-6-22)9-17-16(18)11-20-12-21-17;8-5(9)4-1-2-6-3-7-4;;/h5-6,11-16,18H,1-4,7-10H2,(H,28,30);9-13,15H,1-8,19H2;1-3H,(H,8,9);2*1H. The number of benzene rings is 2. The zero-order chi connectivity index (χ0) is 44.8. The molecule has 10 rings (SSSR count). The van der Waals surface area contributed by atoms with Gasteiger partial charge >= 0.3 is 5.97 Å². The third kappa shape index (κ3) is 12.3. The third-order valence-electron chi connectivity index (χ3n) is 11.8. The van der Waals surface area contributed by atoms with Crippen LogP contribution in [0.2, 0.25) is 0 Å². The van der Waals surface area contributed by atoms with E-state index in [2.05, 4.69) is 79.3 Å². The molecule has 4 fully saturated rings. The second-order valence-electron chi connectivity index (χ2n) is 16.2. The Bertz CT molecular complexity index is 2480. The summed E-state index contributed by atoms with van der Waals surface area (Å²) in [5.74, 6) is 0.517. The van der Waals surface area contributed by atoms with Gasteiger partial charge in [-0.05, 0) is 75.6 Å². The Labute approximate surface area is 379 Å². The maximum absolute atomic E-state index is 12.4. The maximum Gasteiger partial charge on any atom is 0.354 e. The molecule has 1 amide bonds. The number of rotatable bonds is 9. The fraction of sp³-hybridized carbons (Fsp3) is 0.435. The Balaban J connectivity index is 0.000000186. The van der Waals surface area contributed by atoms with E-state index < -0.39 is 5.97 Å². The van der Waals surface area contributed by atoms with E-state index in [0.29, 0.717) is 11.7 Å². The zero-order valence-electron chi connectivity index (χ0n) is 36.2. The molecule has 2 aliphatic heterocycles. The van der Waals surface area contributed by atoms with Crippen molar-refractivity contribution >= 4 is 45.1 Å². The van der Waals surface area contributed by atoms with Crippen LogP contribution < -0.4 is 30.3 Å². The molecule has 344 valence electrons. The SMILES string of the molecule is NC1CCC(Oc2cc(N3CCOCC3)cc3ncncc23)CC1.O=C(NC1CCC(Oc2cc(N3CCOCC3)cc3ncncc23)CC1)c1ccncn1.O=C(O)c1ccncn1.[HH].[HH]. The Hall–Kier alpha value is -6.70. The molecule has 19 nitrogen and oxygen atoms in total. The minimum absolute atomic E-state index is 0. The Morgan fingerprint density at radius 1 is 0.631 bits per heavy atom. The minimum Gasteiger partial charge on any atom is -0.490 e. The fourth-order valence-corrected chi connectivity index (χ4v) is 8.27. The minimum atomic E-state index is -1.03. The van der Waals surface area contributed by atoms with Gasteiger partial charge in [0.05, 0.1) is 60.4 Å². The van der Waals surface area contributed by atoms with Gasteiger partial charge in [0.25, 0.3) is 5.91 Å². The number of fused-ring (bicyclic) bond motifs is 2. The van der Waals surface area contributed by atoms with Gasteiger partial charge < -0.3 is 44.9 Å². The van der Waals surface area contributed by atoms with Crippen LogP contribution in [-0.4, -0.2) is 134 Å². The molecule has 6 heterocycles. The number of hydrogen-bond acceptors (Lipinski definition) is 17. The van der Waals surface area contributed by atoms with Gasteiger partial charge in [-0.15, -0.1) is 0 Å². The summed E-state index contributed by atoms with van der Waals surface area (Å²) in [6, 6.07) is 11.8. The van der Waals surface area contributed by atoms with E-state index in [4.69, 9.17) is 29.8 Å². The van der Waals surface area contributed by atoms with Gasteiger partial charge in [0.2, 0.25) is 0 Å². The van der Waals surface area contributed by atoms with Gasteiger partial charge in [-0.25, -0.2) is 44.7 Å². The molecule has 2 aromatic carbocycles. The van der Waals surface area contributed by atoms with Crippen LogP contribution in [0.5, 0.6) is 11.5 Å². The number of nitrogens with two attached hydrogens (primary N) is 1. The number of carboxylic acids is 1. The summed E-state index contributed by atoms with van der Waals surface area (Å²) in [5.41, 5.74) is 10.5. The van der Waals surface area contributed by atoms with Gasteiger partial charge in [-0.3, -0.25) is 4.79 Å². The average molecular weight is 891 g/mol. The van der Waals surface area contributed by atoms with Gasteiger partial charge in [0.15, 0.2) is 5.69 Å². The van der Waals surface area contributed by atoms with Crippen molar-refractivity contribution in [3.05, 3.63) is 97.9 Å². The lowest BCUT2D eigenvalue weighted by Crippen LogP contribution is -2.40. The number of carbonyl (C=O) groups is 2. The molecule has 0 unspecified atom stereocenters. The smallest absolute Gasteiger partial charge is 0.354 e. The highest BCUT2D eigenvalue weighted by Gasteiger charge is 2.26. The molecule has 0 atom stereocenters. The highest BCUT2D eigenvalue weighted by atomic mass is 16.5. The first-order valence-corrected chi connectivity index (χ1v) is 22.1. The largest absolute Gasteiger partial charge is 0.490 e. The molecular weight excluding hydrogens is 833 g/mol. The van der Waals surface area contributed by atoms with Crippen LogP contribution in [0.3, 0.4) is 0 Å².